The van der Waals surface area contributed by atoms with Crippen LogP contribution in [-0.2, 0) is 0 Å². The minimum atomic E-state index is 0.713. The molecule has 0 aliphatic carbocycles. The molecule has 0 aliphatic heterocycles. The number of pyridine rings is 1. The zero-order valence-corrected chi connectivity index (χ0v) is 10.3. The molecule has 0 fully saturated rings. The summed E-state index contributed by atoms with van der Waals surface area (Å²) in [5.74, 6) is 1.49. The van der Waals surface area contributed by atoms with Crippen molar-refractivity contribution in [1.29, 1.82) is 0 Å². The molecule has 0 aliphatic rings. The summed E-state index contributed by atoms with van der Waals surface area (Å²) in [5, 5.41) is 3.40. The van der Waals surface area contributed by atoms with Crippen molar-refractivity contribution in [2.24, 2.45) is 5.92 Å². The molecule has 0 spiro atoms. The number of aromatic nitrogens is 1. The highest BCUT2D eigenvalue weighted by molar-refractivity contribution is 5.08. The Bertz CT molecular complexity index is 262. The van der Waals surface area contributed by atoms with Crippen molar-refractivity contribution < 1.29 is 4.74 Å². The van der Waals surface area contributed by atoms with Crippen molar-refractivity contribution in [3.05, 3.63) is 24.4 Å². The topological polar surface area (TPSA) is 34.1 Å². The first-order valence-corrected chi connectivity index (χ1v) is 6.03. The molecule has 90 valence electrons. The van der Waals surface area contributed by atoms with Gasteiger partial charge in [-0.3, -0.25) is 0 Å². The molecular formula is C13H22N2O. The van der Waals surface area contributed by atoms with Gasteiger partial charge in [-0.05, 0) is 37.9 Å². The first-order chi connectivity index (χ1) is 7.79. The van der Waals surface area contributed by atoms with Crippen LogP contribution in [0.2, 0.25) is 0 Å². The van der Waals surface area contributed by atoms with E-state index in [2.05, 4.69) is 24.1 Å². The molecule has 0 saturated heterocycles. The summed E-state index contributed by atoms with van der Waals surface area (Å²) in [6.45, 7) is 7.32. The minimum Gasteiger partial charge on any atom is -0.478 e. The maximum absolute atomic E-state index is 5.48. The van der Waals surface area contributed by atoms with Crippen LogP contribution in [0, 0.1) is 5.92 Å². The molecule has 1 heterocycles. The van der Waals surface area contributed by atoms with Crippen LogP contribution in [-0.4, -0.2) is 24.7 Å². The monoisotopic (exact) mass is 222 g/mol. The van der Waals surface area contributed by atoms with E-state index in [1.807, 2.05) is 18.2 Å². The summed E-state index contributed by atoms with van der Waals surface area (Å²) in [4.78, 5) is 4.09. The largest absolute Gasteiger partial charge is 0.478 e. The third-order valence-corrected chi connectivity index (χ3v) is 2.28. The van der Waals surface area contributed by atoms with E-state index in [0.717, 1.165) is 32.0 Å². The SMILES string of the molecule is CC(C)CCNCCCOc1ccccn1. The Kier molecular flexibility index (Phi) is 6.58. The molecule has 16 heavy (non-hydrogen) atoms. The lowest BCUT2D eigenvalue weighted by atomic mass is 10.1. The maximum atomic E-state index is 5.48. The van der Waals surface area contributed by atoms with Crippen LogP contribution in [0.5, 0.6) is 5.88 Å². The summed E-state index contributed by atoms with van der Waals surface area (Å²) in [5.41, 5.74) is 0. The molecule has 1 aromatic rings. The number of hydrogen-bond acceptors (Lipinski definition) is 3. The van der Waals surface area contributed by atoms with Gasteiger partial charge in [0.25, 0.3) is 0 Å². The fraction of sp³-hybridized carbons (Fsp3) is 0.615. The Hall–Kier alpha value is -1.09. The third-order valence-electron chi connectivity index (χ3n) is 2.28. The van der Waals surface area contributed by atoms with Gasteiger partial charge in [0.05, 0.1) is 6.61 Å². The van der Waals surface area contributed by atoms with Crippen LogP contribution in [0.1, 0.15) is 26.7 Å². The van der Waals surface area contributed by atoms with Gasteiger partial charge < -0.3 is 10.1 Å². The first kappa shape index (κ1) is 13.0. The van der Waals surface area contributed by atoms with E-state index in [1.54, 1.807) is 6.20 Å². The van der Waals surface area contributed by atoms with E-state index in [0.29, 0.717) is 5.88 Å². The molecular weight excluding hydrogens is 200 g/mol. The second-order valence-corrected chi connectivity index (χ2v) is 4.30. The van der Waals surface area contributed by atoms with Crippen LogP contribution < -0.4 is 10.1 Å². The van der Waals surface area contributed by atoms with Crippen LogP contribution in [0.4, 0.5) is 0 Å². The fourth-order valence-corrected chi connectivity index (χ4v) is 1.32. The number of nitrogens with one attached hydrogen (secondary N) is 1. The van der Waals surface area contributed by atoms with E-state index in [4.69, 9.17) is 4.74 Å². The summed E-state index contributed by atoms with van der Waals surface area (Å²) < 4.78 is 5.48. The van der Waals surface area contributed by atoms with Crippen molar-refractivity contribution >= 4 is 0 Å². The highest BCUT2D eigenvalue weighted by Crippen LogP contribution is 2.03. The predicted molar refractivity (Wildman–Crippen MR) is 66.7 cm³/mol. The molecule has 0 saturated carbocycles. The molecule has 0 aromatic carbocycles. The van der Waals surface area contributed by atoms with E-state index < -0.39 is 0 Å². The van der Waals surface area contributed by atoms with Gasteiger partial charge in [-0.1, -0.05) is 19.9 Å². The van der Waals surface area contributed by atoms with Gasteiger partial charge in [-0.15, -0.1) is 0 Å². The van der Waals surface area contributed by atoms with Crippen molar-refractivity contribution in [2.45, 2.75) is 26.7 Å². The quantitative estimate of drug-likeness (QED) is 0.686. The van der Waals surface area contributed by atoms with Gasteiger partial charge in [0, 0.05) is 12.3 Å². The standard InChI is InChI=1S/C13H22N2O/c1-12(2)7-10-14-8-5-11-16-13-6-3-4-9-15-13/h3-4,6,9,12,14H,5,7-8,10-11H2,1-2H3. The maximum Gasteiger partial charge on any atom is 0.213 e. The van der Waals surface area contributed by atoms with Crippen molar-refractivity contribution in [1.82, 2.24) is 10.3 Å². The normalized spacial score (nSPS) is 10.7. The summed E-state index contributed by atoms with van der Waals surface area (Å²) in [6.07, 6.45) is 4.01. The predicted octanol–water partition coefficient (Wildman–Crippen LogP) is 2.49. The number of rotatable bonds is 8. The van der Waals surface area contributed by atoms with E-state index in [1.165, 1.54) is 6.42 Å². The van der Waals surface area contributed by atoms with Crippen LogP contribution in [0.15, 0.2) is 24.4 Å². The third kappa shape index (κ3) is 6.40. The molecule has 0 atom stereocenters. The van der Waals surface area contributed by atoms with Crippen molar-refractivity contribution in [3.63, 3.8) is 0 Å². The van der Waals surface area contributed by atoms with Gasteiger partial charge >= 0.3 is 0 Å². The van der Waals surface area contributed by atoms with Gasteiger partial charge in [0.1, 0.15) is 0 Å². The molecule has 0 unspecified atom stereocenters. The molecule has 1 N–H and O–H groups in total. The fourth-order valence-electron chi connectivity index (χ4n) is 1.32. The second-order valence-electron chi connectivity index (χ2n) is 4.30. The zero-order valence-electron chi connectivity index (χ0n) is 10.3. The van der Waals surface area contributed by atoms with Gasteiger partial charge in [-0.2, -0.15) is 0 Å². The smallest absolute Gasteiger partial charge is 0.213 e. The van der Waals surface area contributed by atoms with Crippen molar-refractivity contribution in [2.75, 3.05) is 19.7 Å². The Morgan fingerprint density at radius 3 is 2.88 bits per heavy atom. The Balaban J connectivity index is 1.93. The average molecular weight is 222 g/mol. The summed E-state index contributed by atoms with van der Waals surface area (Å²) >= 11 is 0. The van der Waals surface area contributed by atoms with Gasteiger partial charge in [-0.25, -0.2) is 4.98 Å². The highest BCUT2D eigenvalue weighted by atomic mass is 16.5. The minimum absolute atomic E-state index is 0.713. The molecule has 1 rings (SSSR count). The molecule has 3 heteroatoms. The number of ether oxygens (including phenoxy) is 1. The number of hydrogen-bond donors (Lipinski definition) is 1. The molecule has 0 bridgehead atoms. The van der Waals surface area contributed by atoms with Crippen LogP contribution in [0.25, 0.3) is 0 Å². The zero-order chi connectivity index (χ0) is 11.6. The lowest BCUT2D eigenvalue weighted by Crippen LogP contribution is -2.19. The summed E-state index contributed by atoms with van der Waals surface area (Å²) in [7, 11) is 0. The van der Waals surface area contributed by atoms with Crippen molar-refractivity contribution in [3.8, 4) is 5.88 Å². The molecule has 1 aromatic heterocycles. The number of nitrogens with zero attached hydrogens (tertiary/aromatic N) is 1. The lowest BCUT2D eigenvalue weighted by molar-refractivity contribution is 0.296. The molecule has 0 amide bonds. The van der Waals surface area contributed by atoms with Crippen LogP contribution >= 0.6 is 0 Å². The Morgan fingerprint density at radius 1 is 1.31 bits per heavy atom. The molecule has 3 nitrogen and oxygen atoms in total. The second kappa shape index (κ2) is 8.11. The Labute approximate surface area is 98.2 Å². The summed E-state index contributed by atoms with van der Waals surface area (Å²) in [6, 6.07) is 5.70. The van der Waals surface area contributed by atoms with Gasteiger partial charge in [0.2, 0.25) is 5.88 Å². The average Bonchev–Trinajstić information content (AvgIpc) is 2.29. The van der Waals surface area contributed by atoms with Crippen LogP contribution in [0.3, 0.4) is 0 Å². The van der Waals surface area contributed by atoms with E-state index >= 15 is 0 Å². The van der Waals surface area contributed by atoms with Gasteiger partial charge in [0.15, 0.2) is 0 Å². The molecule has 0 radical (unpaired) electrons. The lowest BCUT2D eigenvalue weighted by Gasteiger charge is -2.07. The highest BCUT2D eigenvalue weighted by Gasteiger charge is 1.94. The first-order valence-electron chi connectivity index (χ1n) is 6.03. The van der Waals surface area contributed by atoms with E-state index in [-0.39, 0.29) is 0 Å². The van der Waals surface area contributed by atoms with E-state index in [9.17, 15) is 0 Å². The Morgan fingerprint density at radius 2 is 2.19 bits per heavy atom.